The van der Waals surface area contributed by atoms with Gasteiger partial charge in [-0.3, -0.25) is 4.79 Å². The molecule has 0 unspecified atom stereocenters. The number of ketones is 1. The van der Waals surface area contributed by atoms with Crippen molar-refractivity contribution in [3.05, 3.63) is 82.1 Å². The smallest absolute Gasteiger partial charge is 0.313 e. The molecule has 0 amide bonds. The van der Waals surface area contributed by atoms with E-state index in [4.69, 9.17) is 27.6 Å². The predicted octanol–water partition coefficient (Wildman–Crippen LogP) is 2.79. The third kappa shape index (κ3) is 3.97. The maximum atomic E-state index is 13.6. The van der Waals surface area contributed by atoms with Gasteiger partial charge in [0.1, 0.15) is 11.6 Å². The average molecular weight is 399 g/mol. The topological polar surface area (TPSA) is 95.7 Å². The van der Waals surface area contributed by atoms with E-state index < -0.39 is 45.2 Å². The monoisotopic (exact) mass is 398 g/mol. The molecule has 1 heterocycles. The van der Waals surface area contributed by atoms with Crippen molar-refractivity contribution in [2.24, 2.45) is 5.73 Å². The summed E-state index contributed by atoms with van der Waals surface area (Å²) >= 11 is 5.75. The summed E-state index contributed by atoms with van der Waals surface area (Å²) in [6.07, 6.45) is -2.51. The normalized spacial score (nSPS) is 20.7. The lowest BCUT2D eigenvalue weighted by Crippen LogP contribution is -2.16. The molecule has 0 aromatic heterocycles. The second-order valence-electron chi connectivity index (χ2n) is 5.38. The van der Waals surface area contributed by atoms with Crippen LogP contribution < -0.4 is 5.73 Å². The molecule has 3 rings (SSSR count). The second-order valence-corrected chi connectivity index (χ2v) is 7.39. The minimum Gasteiger partial charge on any atom is -0.460 e. The van der Waals surface area contributed by atoms with Crippen molar-refractivity contribution in [1.82, 2.24) is 0 Å². The summed E-state index contributed by atoms with van der Waals surface area (Å²) < 4.78 is 56.1. The van der Waals surface area contributed by atoms with Crippen LogP contribution in [-0.2, 0) is 29.6 Å². The molecule has 0 radical (unpaired) electrons. The highest BCUT2D eigenvalue weighted by molar-refractivity contribution is 7.86. The van der Waals surface area contributed by atoms with Crippen LogP contribution in [0.5, 0.6) is 0 Å². The zero-order valence-electron chi connectivity index (χ0n) is 14.1. The molecule has 0 spiro atoms. The number of halogens is 2. The Morgan fingerprint density at radius 3 is 2.62 bits per heavy atom. The lowest BCUT2D eigenvalue weighted by Gasteiger charge is -2.10. The number of benzene rings is 2. The summed E-state index contributed by atoms with van der Waals surface area (Å²) in [7, 11) is -4.25. The van der Waals surface area contributed by atoms with Crippen molar-refractivity contribution < 1.29 is 27.9 Å². The van der Waals surface area contributed by atoms with Crippen LogP contribution in [0.25, 0.3) is 0 Å². The van der Waals surface area contributed by atoms with E-state index in [2.05, 4.69) is 0 Å². The van der Waals surface area contributed by atoms with Gasteiger partial charge in [0, 0.05) is 10.6 Å². The van der Waals surface area contributed by atoms with Gasteiger partial charge in [0.25, 0.3) is 0 Å². The Morgan fingerprint density at radius 1 is 1.27 bits per heavy atom. The molecule has 6 nitrogen and oxygen atoms in total. The zero-order chi connectivity index (χ0) is 19.8. The van der Waals surface area contributed by atoms with Gasteiger partial charge in [0.05, 0.1) is 1.37 Å². The lowest BCUT2D eigenvalue weighted by atomic mass is 10.1. The Bertz CT molecular complexity index is 1020. The molecular formula is C17H13ClFNO5S. The summed E-state index contributed by atoms with van der Waals surface area (Å²) in [5, 5.41) is -0.0716. The number of hydrogen-bond acceptors (Lipinski definition) is 6. The molecule has 2 N–H and O–H groups in total. The Morgan fingerprint density at radius 2 is 1.96 bits per heavy atom. The van der Waals surface area contributed by atoms with Gasteiger partial charge in [-0.15, -0.1) is 0 Å². The van der Waals surface area contributed by atoms with E-state index in [1.807, 2.05) is 0 Å². The number of hydrogen-bond donors (Lipinski definition) is 1. The van der Waals surface area contributed by atoms with E-state index in [9.17, 15) is 17.6 Å². The molecule has 9 heteroatoms. The molecule has 0 saturated carbocycles. The number of carbonyl (C=O) groups is 1. The van der Waals surface area contributed by atoms with Gasteiger partial charge in [0.2, 0.25) is 17.4 Å². The molecule has 1 aliphatic rings. The van der Waals surface area contributed by atoms with Crippen molar-refractivity contribution in [1.29, 1.82) is 0 Å². The summed E-state index contributed by atoms with van der Waals surface area (Å²) in [5.74, 6) is -4.02. The van der Waals surface area contributed by atoms with Crippen LogP contribution >= 0.6 is 11.6 Å². The van der Waals surface area contributed by atoms with E-state index in [1.165, 1.54) is 0 Å². The van der Waals surface area contributed by atoms with Crippen LogP contribution in [0.1, 0.15) is 18.6 Å². The number of ether oxygens (including phenoxy) is 1. The van der Waals surface area contributed by atoms with E-state index in [-0.39, 0.29) is 10.6 Å². The third-order valence-electron chi connectivity index (χ3n) is 3.37. The molecule has 2 aromatic carbocycles. The van der Waals surface area contributed by atoms with Gasteiger partial charge < -0.3 is 14.7 Å². The Kier molecular flexibility index (Phi) is 4.52. The maximum absolute atomic E-state index is 13.6. The fourth-order valence-corrected chi connectivity index (χ4v) is 3.60. The molecule has 26 heavy (non-hydrogen) atoms. The van der Waals surface area contributed by atoms with Crippen LogP contribution in [0.15, 0.2) is 60.2 Å². The van der Waals surface area contributed by atoms with Crippen molar-refractivity contribution in [3.63, 3.8) is 0 Å². The summed E-state index contributed by atoms with van der Waals surface area (Å²) in [6.45, 7) is 0. The number of nitrogens with two attached hydrogens (primary N) is 1. The molecule has 1 aliphatic heterocycles. The van der Waals surface area contributed by atoms with Gasteiger partial charge in [-0.1, -0.05) is 41.9 Å². The largest absolute Gasteiger partial charge is 0.460 e. The van der Waals surface area contributed by atoms with Gasteiger partial charge in [0.15, 0.2) is 6.08 Å². The molecule has 2 aromatic rings. The van der Waals surface area contributed by atoms with E-state index >= 15 is 0 Å². The SMILES string of the molecule is [2H][C@@]1(c2cc(F)cc(Cl)c2)OC(N)=C(OS(=O)(=O)Cc2ccccc2)C1=O. The van der Waals surface area contributed by atoms with Gasteiger partial charge >= 0.3 is 10.1 Å². The van der Waals surface area contributed by atoms with Gasteiger partial charge in [-0.05, 0) is 23.8 Å². The molecule has 0 fully saturated rings. The highest BCUT2D eigenvalue weighted by Gasteiger charge is 2.39. The highest BCUT2D eigenvalue weighted by atomic mass is 35.5. The van der Waals surface area contributed by atoms with Crippen LogP contribution in [0.2, 0.25) is 5.02 Å². The van der Waals surface area contributed by atoms with E-state index in [1.54, 1.807) is 30.3 Å². The van der Waals surface area contributed by atoms with Gasteiger partial charge in [-0.25, -0.2) is 4.39 Å². The minimum absolute atomic E-state index is 0.0716. The first-order chi connectivity index (χ1) is 12.6. The first-order valence-electron chi connectivity index (χ1n) is 7.77. The molecule has 0 aliphatic carbocycles. The highest BCUT2D eigenvalue weighted by Crippen LogP contribution is 2.34. The molecule has 1 atom stereocenters. The first-order valence-corrected chi connectivity index (χ1v) is 9.22. The molecule has 136 valence electrons. The third-order valence-corrected chi connectivity index (χ3v) is 4.70. The summed E-state index contributed by atoms with van der Waals surface area (Å²) in [4.78, 5) is 12.6. The zero-order valence-corrected chi connectivity index (χ0v) is 14.7. The van der Waals surface area contributed by atoms with Crippen LogP contribution in [0.4, 0.5) is 4.39 Å². The lowest BCUT2D eigenvalue weighted by molar-refractivity contribution is -0.123. The fraction of sp³-hybridized carbons (Fsp3) is 0.118. The second kappa shape index (κ2) is 6.97. The number of rotatable bonds is 5. The first kappa shape index (κ1) is 16.9. The Labute approximate surface area is 155 Å². The Hall–Kier alpha value is -2.58. The van der Waals surface area contributed by atoms with Crippen LogP contribution in [0, 0.1) is 5.82 Å². The van der Waals surface area contributed by atoms with E-state index in [0.29, 0.717) is 5.56 Å². The van der Waals surface area contributed by atoms with E-state index in [0.717, 1.165) is 18.2 Å². The van der Waals surface area contributed by atoms with Gasteiger partial charge in [-0.2, -0.15) is 8.42 Å². The number of Topliss-reactive ketones (excluding diaryl/α,β-unsaturated/α-hetero) is 1. The summed E-state index contributed by atoms with van der Waals surface area (Å²) in [6, 6.07) is 11.1. The van der Waals surface area contributed by atoms with Crippen molar-refractivity contribution in [3.8, 4) is 0 Å². The quantitative estimate of drug-likeness (QED) is 0.778. The molecule has 0 saturated heterocycles. The molecule has 0 bridgehead atoms. The molecular weight excluding hydrogens is 385 g/mol. The predicted molar refractivity (Wildman–Crippen MR) is 91.6 cm³/mol. The van der Waals surface area contributed by atoms with Crippen molar-refractivity contribution in [2.45, 2.75) is 11.8 Å². The fourth-order valence-electron chi connectivity index (χ4n) is 2.31. The van der Waals surface area contributed by atoms with Crippen LogP contribution in [0.3, 0.4) is 0 Å². The Balaban J connectivity index is 1.87. The van der Waals surface area contributed by atoms with Crippen LogP contribution in [-0.4, -0.2) is 14.2 Å². The van der Waals surface area contributed by atoms with Crippen molar-refractivity contribution >= 4 is 27.5 Å². The maximum Gasteiger partial charge on any atom is 0.313 e. The van der Waals surface area contributed by atoms with Crippen molar-refractivity contribution in [2.75, 3.05) is 0 Å². The summed E-state index contributed by atoms with van der Waals surface area (Å²) in [5.41, 5.74) is 5.74. The average Bonchev–Trinajstić information content (AvgIpc) is 2.78. The number of carbonyl (C=O) groups excluding carboxylic acids is 1. The minimum atomic E-state index is -4.25. The standard InChI is InChI=1S/C17H13ClFNO5S/c18-12-6-11(7-13(19)8-12)15-14(21)16(17(20)24-15)25-26(22,23)9-10-4-2-1-3-5-10/h1-8,15H,9,20H2/t15-/m0/s1/i15D.